The quantitative estimate of drug-likeness (QED) is 0.900. The average molecular weight is 263 g/mol. The predicted octanol–water partition coefficient (Wildman–Crippen LogP) is 4.11. The summed E-state index contributed by atoms with van der Waals surface area (Å²) in [5, 5.41) is 4.86. The highest BCUT2D eigenvalue weighted by atomic mass is 32.1. The van der Waals surface area contributed by atoms with Crippen molar-refractivity contribution in [3.05, 3.63) is 28.6 Å². The van der Waals surface area contributed by atoms with E-state index in [1.165, 1.54) is 20.5 Å². The van der Waals surface area contributed by atoms with Gasteiger partial charge in [-0.2, -0.15) is 0 Å². The minimum absolute atomic E-state index is 0.153. The maximum Gasteiger partial charge on any atom is 0.119 e. The molecule has 0 aliphatic carbocycles. The molecule has 0 aliphatic rings. The highest BCUT2D eigenvalue weighted by molar-refractivity contribution is 7.19. The Kier molecular flexibility index (Phi) is 3.64. The highest BCUT2D eigenvalue weighted by Gasteiger charge is 2.13. The average Bonchev–Trinajstić information content (AvgIpc) is 2.62. The Bertz CT molecular complexity index is 551. The first-order valence-corrected chi connectivity index (χ1v) is 7.03. The summed E-state index contributed by atoms with van der Waals surface area (Å²) in [6, 6.07) is 6.30. The number of hydrogen-bond donors (Lipinski definition) is 1. The van der Waals surface area contributed by atoms with E-state index in [0.717, 1.165) is 12.3 Å². The molecule has 0 bridgehead atoms. The van der Waals surface area contributed by atoms with Crippen LogP contribution < -0.4 is 10.1 Å². The van der Waals surface area contributed by atoms with Crippen LogP contribution in [0, 0.1) is 6.92 Å². The third kappa shape index (κ3) is 2.85. The van der Waals surface area contributed by atoms with Crippen LogP contribution in [0.4, 0.5) is 0 Å². The Balaban J connectivity index is 2.32. The van der Waals surface area contributed by atoms with Crippen LogP contribution in [0.25, 0.3) is 10.1 Å². The van der Waals surface area contributed by atoms with Crippen molar-refractivity contribution in [1.29, 1.82) is 0 Å². The lowest BCUT2D eigenvalue weighted by Crippen LogP contribution is -2.34. The van der Waals surface area contributed by atoms with Gasteiger partial charge < -0.3 is 10.1 Å². The van der Waals surface area contributed by atoms with E-state index in [2.05, 4.69) is 45.1 Å². The smallest absolute Gasteiger partial charge is 0.119 e. The molecule has 2 aromatic rings. The number of benzene rings is 1. The summed E-state index contributed by atoms with van der Waals surface area (Å²) in [6.07, 6.45) is 0. The molecule has 0 spiro atoms. The molecule has 2 nitrogen and oxygen atoms in total. The number of ether oxygens (including phenoxy) is 1. The van der Waals surface area contributed by atoms with E-state index in [1.807, 2.05) is 17.4 Å². The number of fused-ring (bicyclic) bond motifs is 1. The number of rotatable bonds is 3. The summed E-state index contributed by atoms with van der Waals surface area (Å²) in [5.74, 6) is 0.929. The van der Waals surface area contributed by atoms with Gasteiger partial charge in [0.1, 0.15) is 5.75 Å². The van der Waals surface area contributed by atoms with E-state index in [1.54, 1.807) is 7.11 Å². The molecule has 1 aromatic heterocycles. The number of hydrogen-bond acceptors (Lipinski definition) is 3. The van der Waals surface area contributed by atoms with Gasteiger partial charge in [0.2, 0.25) is 0 Å². The SMILES string of the molecule is COc1ccc2sc(CNC(C)(C)C)c(C)c2c1. The minimum Gasteiger partial charge on any atom is -0.497 e. The normalized spacial score (nSPS) is 12.1. The monoisotopic (exact) mass is 263 g/mol. The molecule has 0 aliphatic heterocycles. The van der Waals surface area contributed by atoms with Gasteiger partial charge in [-0.1, -0.05) is 0 Å². The first kappa shape index (κ1) is 13.4. The summed E-state index contributed by atoms with van der Waals surface area (Å²) in [6.45, 7) is 9.70. The number of thiophene rings is 1. The summed E-state index contributed by atoms with van der Waals surface area (Å²) in [5.41, 5.74) is 1.52. The van der Waals surface area contributed by atoms with Crippen molar-refractivity contribution < 1.29 is 4.74 Å². The second-order valence-corrected chi connectivity index (χ2v) is 6.75. The Morgan fingerprint density at radius 1 is 1.28 bits per heavy atom. The van der Waals surface area contributed by atoms with Crippen LogP contribution in [-0.2, 0) is 6.54 Å². The van der Waals surface area contributed by atoms with Crippen molar-refractivity contribution in [3.63, 3.8) is 0 Å². The summed E-state index contributed by atoms with van der Waals surface area (Å²) in [7, 11) is 1.71. The fourth-order valence-electron chi connectivity index (χ4n) is 1.89. The summed E-state index contributed by atoms with van der Waals surface area (Å²) >= 11 is 1.87. The molecule has 18 heavy (non-hydrogen) atoms. The molecule has 2 rings (SSSR count). The molecule has 0 fully saturated rings. The second-order valence-electron chi connectivity index (χ2n) is 5.62. The highest BCUT2D eigenvalue weighted by Crippen LogP contribution is 2.33. The zero-order valence-electron chi connectivity index (χ0n) is 11.8. The molecule has 1 heterocycles. The van der Waals surface area contributed by atoms with Crippen LogP contribution in [0.5, 0.6) is 5.75 Å². The lowest BCUT2D eigenvalue weighted by Gasteiger charge is -2.20. The largest absolute Gasteiger partial charge is 0.497 e. The van der Waals surface area contributed by atoms with Gasteiger partial charge in [-0.15, -0.1) is 11.3 Å². The first-order chi connectivity index (χ1) is 8.40. The third-order valence-electron chi connectivity index (χ3n) is 3.02. The fraction of sp³-hybridized carbons (Fsp3) is 0.467. The first-order valence-electron chi connectivity index (χ1n) is 6.22. The Morgan fingerprint density at radius 3 is 2.61 bits per heavy atom. The van der Waals surface area contributed by atoms with Crippen LogP contribution in [0.3, 0.4) is 0 Å². The molecule has 0 saturated heterocycles. The molecule has 98 valence electrons. The van der Waals surface area contributed by atoms with Gasteiger partial charge >= 0.3 is 0 Å². The van der Waals surface area contributed by atoms with Crippen LogP contribution >= 0.6 is 11.3 Å². The summed E-state index contributed by atoms with van der Waals surface area (Å²) in [4.78, 5) is 1.41. The van der Waals surface area contributed by atoms with Crippen LogP contribution in [0.2, 0.25) is 0 Å². The maximum atomic E-state index is 5.29. The Hall–Kier alpha value is -1.06. The molecule has 0 unspecified atom stereocenters. The Morgan fingerprint density at radius 2 is 2.00 bits per heavy atom. The molecule has 1 N–H and O–H groups in total. The predicted molar refractivity (Wildman–Crippen MR) is 79.7 cm³/mol. The van der Waals surface area contributed by atoms with Crippen LogP contribution in [-0.4, -0.2) is 12.6 Å². The molecule has 3 heteroatoms. The van der Waals surface area contributed by atoms with Crippen molar-refractivity contribution >= 4 is 21.4 Å². The fourth-order valence-corrected chi connectivity index (χ4v) is 3.02. The van der Waals surface area contributed by atoms with Gasteiger partial charge in [0.05, 0.1) is 7.11 Å². The van der Waals surface area contributed by atoms with Gasteiger partial charge in [0.15, 0.2) is 0 Å². The van der Waals surface area contributed by atoms with E-state index < -0.39 is 0 Å². The zero-order valence-corrected chi connectivity index (χ0v) is 12.6. The molecular formula is C15H21NOS. The van der Waals surface area contributed by atoms with E-state index in [0.29, 0.717) is 0 Å². The van der Waals surface area contributed by atoms with Crippen LogP contribution in [0.15, 0.2) is 18.2 Å². The maximum absolute atomic E-state index is 5.29. The third-order valence-corrected chi connectivity index (χ3v) is 4.29. The minimum atomic E-state index is 0.153. The van der Waals surface area contributed by atoms with Gasteiger partial charge in [-0.25, -0.2) is 0 Å². The lowest BCUT2D eigenvalue weighted by molar-refractivity contribution is 0.415. The summed E-state index contributed by atoms with van der Waals surface area (Å²) < 4.78 is 6.62. The Labute approximate surface area is 113 Å². The van der Waals surface area contributed by atoms with Crippen molar-refractivity contribution in [1.82, 2.24) is 5.32 Å². The van der Waals surface area contributed by atoms with E-state index in [-0.39, 0.29) is 5.54 Å². The second kappa shape index (κ2) is 4.90. The number of methoxy groups -OCH3 is 1. The topological polar surface area (TPSA) is 21.3 Å². The van der Waals surface area contributed by atoms with Gasteiger partial charge in [-0.3, -0.25) is 0 Å². The van der Waals surface area contributed by atoms with E-state index in [4.69, 9.17) is 4.74 Å². The number of nitrogens with one attached hydrogen (secondary N) is 1. The molecule has 0 saturated carbocycles. The van der Waals surface area contributed by atoms with Crippen molar-refractivity contribution in [3.8, 4) is 5.75 Å². The molecule has 1 aromatic carbocycles. The molecule has 0 atom stereocenters. The molecular weight excluding hydrogens is 242 g/mol. The van der Waals surface area contributed by atoms with Crippen molar-refractivity contribution in [2.45, 2.75) is 39.8 Å². The van der Waals surface area contributed by atoms with Gasteiger partial charge in [0.25, 0.3) is 0 Å². The van der Waals surface area contributed by atoms with Gasteiger partial charge in [-0.05, 0) is 56.8 Å². The van der Waals surface area contributed by atoms with Gasteiger partial charge in [0, 0.05) is 21.7 Å². The van der Waals surface area contributed by atoms with E-state index >= 15 is 0 Å². The lowest BCUT2D eigenvalue weighted by atomic mass is 10.1. The van der Waals surface area contributed by atoms with Crippen molar-refractivity contribution in [2.24, 2.45) is 0 Å². The zero-order chi connectivity index (χ0) is 13.3. The molecule has 0 amide bonds. The van der Waals surface area contributed by atoms with Crippen LogP contribution in [0.1, 0.15) is 31.2 Å². The number of aryl methyl sites for hydroxylation is 1. The standard InChI is InChI=1S/C15H21NOS/c1-10-12-8-11(17-5)6-7-13(12)18-14(10)9-16-15(2,3)4/h6-8,16H,9H2,1-5H3. The van der Waals surface area contributed by atoms with E-state index in [9.17, 15) is 0 Å². The van der Waals surface area contributed by atoms with Crippen molar-refractivity contribution in [2.75, 3.05) is 7.11 Å². The molecule has 0 radical (unpaired) electrons.